The fraction of sp³-hybridized carbons (Fsp3) is 0.400. The largest absolute Gasteiger partial charge is 0.412 e. The van der Waals surface area contributed by atoms with Gasteiger partial charge in [0, 0.05) is 74.2 Å². The third-order valence-electron chi connectivity index (χ3n) is 13.9. The third-order valence-corrected chi connectivity index (χ3v) is 13.9. The highest BCUT2D eigenvalue weighted by Gasteiger charge is 2.14. The maximum Gasteiger partial charge on any atom is 0.214 e. The summed E-state index contributed by atoms with van der Waals surface area (Å²) in [5.41, 5.74) is 32.9. The van der Waals surface area contributed by atoms with Crippen LogP contribution in [0.3, 0.4) is 0 Å². The van der Waals surface area contributed by atoms with Crippen molar-refractivity contribution < 1.29 is 23.7 Å². The molecular formula is C60H84Br2N8O+4. The normalized spacial score (nSPS) is 10.9. The summed E-state index contributed by atoms with van der Waals surface area (Å²) >= 11 is 0. The zero-order valence-corrected chi connectivity index (χ0v) is 45.7. The van der Waals surface area contributed by atoms with E-state index in [1.807, 2.05) is 24.3 Å². The van der Waals surface area contributed by atoms with Crippen LogP contribution in [0.2, 0.25) is 0 Å². The minimum Gasteiger partial charge on any atom is -0.412 e. The summed E-state index contributed by atoms with van der Waals surface area (Å²) in [5.74, 6) is 0. The molecule has 9 nitrogen and oxygen atoms in total. The Kier molecular flexibility index (Phi) is 26.1. The molecule has 0 saturated carbocycles. The van der Waals surface area contributed by atoms with Crippen LogP contribution in [-0.4, -0.2) is 5.48 Å². The maximum atomic E-state index is 6.12. The Hall–Kier alpha value is -5.36. The van der Waals surface area contributed by atoms with Gasteiger partial charge >= 0.3 is 0 Å². The first kappa shape index (κ1) is 58.2. The van der Waals surface area contributed by atoms with E-state index in [4.69, 9.17) is 22.9 Å². The van der Waals surface area contributed by atoms with Crippen molar-refractivity contribution in [2.45, 2.75) is 155 Å². The van der Waals surface area contributed by atoms with Gasteiger partial charge in [-0.2, -0.15) is 18.3 Å². The lowest BCUT2D eigenvalue weighted by atomic mass is 10.1. The molecule has 0 bridgehead atoms. The second-order valence-electron chi connectivity index (χ2n) is 19.0. The number of pyridine rings is 4. The standard InChI is InChI=1S/2C30H38N4.2BrH.H2O/c2*31-27-19-23-33(29-17-11-9-15-25(27)29)21-13-7-5-3-1-2-4-6-8-14-22-34-24-20-28(32)26-16-10-12-18-30(26)34;;;/h2*9-12,15-20,23-24,31-32H,1-8,13-14,21-22H2;2*1H;1H2/p+4. The zero-order valence-electron chi connectivity index (χ0n) is 42.2. The number of benzene rings is 4. The Labute approximate surface area is 445 Å². The van der Waals surface area contributed by atoms with Gasteiger partial charge in [0.05, 0.1) is 44.3 Å². The van der Waals surface area contributed by atoms with E-state index < -0.39 is 0 Å². The highest BCUT2D eigenvalue weighted by atomic mass is 79.9. The Balaban J connectivity index is 0.000000296. The number of para-hydroxylation sites is 4. The first-order valence-corrected chi connectivity index (χ1v) is 26.1. The molecule has 0 aliphatic heterocycles. The van der Waals surface area contributed by atoms with E-state index in [2.05, 4.69) is 140 Å². The lowest BCUT2D eigenvalue weighted by Gasteiger charge is -2.05. The summed E-state index contributed by atoms with van der Waals surface area (Å²) < 4.78 is 9.38. The monoisotopic (exact) mass is 1090 g/mol. The van der Waals surface area contributed by atoms with Crippen molar-refractivity contribution in [2.75, 3.05) is 22.9 Å². The van der Waals surface area contributed by atoms with Gasteiger partial charge in [0.1, 0.15) is 26.2 Å². The van der Waals surface area contributed by atoms with Crippen molar-refractivity contribution >= 4 is 100 Å². The minimum absolute atomic E-state index is 0. The molecule has 8 rings (SSSR count). The molecule has 10 N–H and O–H groups in total. The van der Waals surface area contributed by atoms with Gasteiger partial charge in [-0.15, -0.1) is 34.0 Å². The van der Waals surface area contributed by atoms with Crippen molar-refractivity contribution in [3.05, 3.63) is 146 Å². The molecule has 0 radical (unpaired) electrons. The smallest absolute Gasteiger partial charge is 0.214 e. The topological polar surface area (TPSA) is 151 Å². The number of aryl methyl sites for hydroxylation is 4. The van der Waals surface area contributed by atoms with E-state index in [-0.39, 0.29) is 39.4 Å². The number of hydrogen-bond donors (Lipinski definition) is 4. The molecule has 0 fully saturated rings. The number of nitrogen functional groups attached to an aromatic ring is 4. The quantitative estimate of drug-likeness (QED) is 0.0315. The van der Waals surface area contributed by atoms with Crippen molar-refractivity contribution in [2.24, 2.45) is 0 Å². The number of nitrogens with zero attached hydrogens (tertiary/aromatic N) is 4. The predicted molar refractivity (Wildman–Crippen MR) is 311 cm³/mol. The lowest BCUT2D eigenvalue weighted by molar-refractivity contribution is -0.672. The van der Waals surface area contributed by atoms with Crippen LogP contribution in [0, 0.1) is 0 Å². The van der Waals surface area contributed by atoms with Gasteiger partial charge < -0.3 is 28.4 Å². The van der Waals surface area contributed by atoms with Gasteiger partial charge in [0.2, 0.25) is 22.1 Å². The number of fused-ring (bicyclic) bond motifs is 4. The molecular weight excluding hydrogens is 1010 g/mol. The molecule has 71 heavy (non-hydrogen) atoms. The molecule has 4 aromatic carbocycles. The van der Waals surface area contributed by atoms with Crippen molar-refractivity contribution in [3.63, 3.8) is 0 Å². The first-order valence-electron chi connectivity index (χ1n) is 26.1. The average molecular weight is 1090 g/mol. The molecule has 0 spiro atoms. The van der Waals surface area contributed by atoms with Gasteiger partial charge in [0.15, 0.2) is 24.8 Å². The third kappa shape index (κ3) is 17.4. The fourth-order valence-corrected chi connectivity index (χ4v) is 9.97. The summed E-state index contributed by atoms with van der Waals surface area (Å²) in [6.07, 6.45) is 35.0. The van der Waals surface area contributed by atoms with Gasteiger partial charge in [-0.25, -0.2) is 0 Å². The predicted octanol–water partition coefficient (Wildman–Crippen LogP) is 13.0. The molecule has 4 heterocycles. The first-order chi connectivity index (χ1) is 33.5. The second-order valence-corrected chi connectivity index (χ2v) is 19.0. The maximum absolute atomic E-state index is 6.12. The SMILES string of the molecule is Br.Br.Nc1cc[n+](CCCCCCCCCCCC[n+]2ccc(N)c3ccccc32)c2ccccc12.Nc1cc[n+](CCCCCCCCCCCC[n+]2ccc(N)c3ccccc32)c2ccccc12.O. The van der Waals surface area contributed by atoms with Crippen LogP contribution < -0.4 is 41.2 Å². The molecule has 8 aromatic rings. The summed E-state index contributed by atoms with van der Waals surface area (Å²) in [6, 6.07) is 41.8. The molecule has 0 saturated heterocycles. The Morgan fingerprint density at radius 2 is 0.408 bits per heavy atom. The van der Waals surface area contributed by atoms with E-state index in [0.29, 0.717) is 0 Å². The Bertz CT molecular complexity index is 2420. The highest BCUT2D eigenvalue weighted by molar-refractivity contribution is 8.93. The number of anilines is 4. The zero-order chi connectivity index (χ0) is 47.2. The lowest BCUT2D eigenvalue weighted by Crippen LogP contribution is -2.34. The van der Waals surface area contributed by atoms with Crippen molar-refractivity contribution in [1.82, 2.24) is 0 Å². The van der Waals surface area contributed by atoms with E-state index in [9.17, 15) is 0 Å². The Morgan fingerprint density at radius 3 is 0.606 bits per heavy atom. The van der Waals surface area contributed by atoms with Crippen LogP contribution >= 0.6 is 34.0 Å². The van der Waals surface area contributed by atoms with E-state index in [1.54, 1.807) is 0 Å². The molecule has 380 valence electrons. The van der Waals surface area contributed by atoms with Crippen molar-refractivity contribution in [3.8, 4) is 0 Å². The van der Waals surface area contributed by atoms with Crippen molar-refractivity contribution in [1.29, 1.82) is 0 Å². The van der Waals surface area contributed by atoms with E-state index in [0.717, 1.165) is 70.5 Å². The molecule has 11 heteroatoms. The molecule has 0 atom stereocenters. The molecule has 0 aliphatic rings. The van der Waals surface area contributed by atoms with Crippen LogP contribution in [0.4, 0.5) is 22.7 Å². The fourth-order valence-electron chi connectivity index (χ4n) is 9.97. The van der Waals surface area contributed by atoms with E-state index >= 15 is 0 Å². The number of nitrogens with two attached hydrogens (primary N) is 4. The summed E-state index contributed by atoms with van der Waals surface area (Å²) in [6.45, 7) is 4.29. The minimum atomic E-state index is 0. The average Bonchev–Trinajstić information content (AvgIpc) is 3.37. The van der Waals surface area contributed by atoms with Crippen LogP contribution in [0.5, 0.6) is 0 Å². The Morgan fingerprint density at radius 1 is 0.239 bits per heavy atom. The number of halogens is 2. The summed E-state index contributed by atoms with van der Waals surface area (Å²) in [4.78, 5) is 0. The highest BCUT2D eigenvalue weighted by Crippen LogP contribution is 2.21. The molecule has 0 unspecified atom stereocenters. The van der Waals surface area contributed by atoms with Gasteiger partial charge in [-0.05, 0) is 49.9 Å². The number of hydrogen-bond acceptors (Lipinski definition) is 4. The number of aromatic nitrogens is 4. The number of unbranched alkanes of at least 4 members (excludes halogenated alkanes) is 18. The van der Waals surface area contributed by atoms with Crippen LogP contribution in [-0.2, 0) is 26.2 Å². The van der Waals surface area contributed by atoms with Gasteiger partial charge in [-0.1, -0.05) is 126 Å². The molecule has 4 aromatic heterocycles. The van der Waals surface area contributed by atoms with Gasteiger partial charge in [0.25, 0.3) is 0 Å². The van der Waals surface area contributed by atoms with Crippen LogP contribution in [0.15, 0.2) is 146 Å². The van der Waals surface area contributed by atoms with Crippen LogP contribution in [0.1, 0.15) is 128 Å². The molecule has 0 amide bonds. The van der Waals surface area contributed by atoms with Gasteiger partial charge in [-0.3, -0.25) is 0 Å². The number of rotatable bonds is 26. The van der Waals surface area contributed by atoms with Crippen LogP contribution in [0.25, 0.3) is 43.6 Å². The summed E-state index contributed by atoms with van der Waals surface area (Å²) in [7, 11) is 0. The second kappa shape index (κ2) is 31.9. The van der Waals surface area contributed by atoms with E-state index in [1.165, 1.54) is 150 Å². The molecule has 0 aliphatic carbocycles. The summed E-state index contributed by atoms with van der Waals surface area (Å²) in [5, 5.41) is 4.63.